The number of carbonyl (C=O) groups excluding carboxylic acids is 1. The molecule has 0 fully saturated rings. The van der Waals surface area contributed by atoms with Gasteiger partial charge >= 0.3 is 0 Å². The fourth-order valence-corrected chi connectivity index (χ4v) is 1.98. The topological polar surface area (TPSA) is 67.1 Å². The van der Waals surface area contributed by atoms with Gasteiger partial charge in [0, 0.05) is 29.4 Å². The highest BCUT2D eigenvalue weighted by Crippen LogP contribution is 2.35. The quantitative estimate of drug-likeness (QED) is 0.716. The highest BCUT2D eigenvalue weighted by molar-refractivity contribution is 6.32. The van der Waals surface area contributed by atoms with E-state index in [0.29, 0.717) is 18.1 Å². The first kappa shape index (κ1) is 10.4. The Labute approximate surface area is 92.8 Å². The number of amides is 1. The van der Waals surface area contributed by atoms with E-state index in [0.717, 1.165) is 11.3 Å². The van der Waals surface area contributed by atoms with E-state index in [-0.39, 0.29) is 11.9 Å². The average Bonchev–Trinajstić information content (AvgIpc) is 2.53. The van der Waals surface area contributed by atoms with Crippen LogP contribution in [0.2, 0.25) is 5.02 Å². The van der Waals surface area contributed by atoms with E-state index in [9.17, 15) is 4.79 Å². The number of benzene rings is 1. The van der Waals surface area contributed by atoms with Crippen molar-refractivity contribution in [1.29, 1.82) is 0 Å². The molecule has 1 amide bonds. The Morgan fingerprint density at radius 1 is 1.53 bits per heavy atom. The molecule has 0 spiro atoms. The van der Waals surface area contributed by atoms with E-state index in [1.807, 2.05) is 12.1 Å². The molecule has 1 aromatic rings. The maximum absolute atomic E-state index is 11.6. The predicted octanol–water partition coefficient (Wildman–Crippen LogP) is 0.882. The third-order valence-corrected chi connectivity index (χ3v) is 2.68. The van der Waals surface area contributed by atoms with Crippen LogP contribution in [-0.4, -0.2) is 19.0 Å². The molecule has 1 unspecified atom stereocenters. The number of halogens is 1. The van der Waals surface area contributed by atoms with Crippen LogP contribution in [-0.2, 0) is 4.79 Å². The molecule has 0 radical (unpaired) electrons. The number of anilines is 1. The number of nitrogens with one attached hydrogen (secondary N) is 2. The zero-order valence-corrected chi connectivity index (χ0v) is 8.84. The number of hydrogen-bond donors (Lipinski definition) is 3. The molecular weight excluding hydrogens is 214 g/mol. The predicted molar refractivity (Wildman–Crippen MR) is 59.9 cm³/mol. The minimum atomic E-state index is -0.378. The van der Waals surface area contributed by atoms with E-state index in [4.69, 9.17) is 17.3 Å². The lowest BCUT2D eigenvalue weighted by Gasteiger charge is -2.11. The summed E-state index contributed by atoms with van der Waals surface area (Å²) in [6.07, 6.45) is 0. The van der Waals surface area contributed by atoms with E-state index < -0.39 is 0 Å². The Morgan fingerprint density at radius 2 is 2.33 bits per heavy atom. The second-order valence-corrected chi connectivity index (χ2v) is 3.77. The lowest BCUT2D eigenvalue weighted by molar-refractivity contribution is -0.117. The van der Waals surface area contributed by atoms with Gasteiger partial charge in [0.25, 0.3) is 0 Å². The number of rotatable bonds is 3. The third-order valence-electron chi connectivity index (χ3n) is 2.35. The summed E-state index contributed by atoms with van der Waals surface area (Å²) in [6, 6.07) is 5.05. The van der Waals surface area contributed by atoms with Gasteiger partial charge in [0.05, 0.1) is 0 Å². The van der Waals surface area contributed by atoms with Gasteiger partial charge in [-0.1, -0.05) is 17.7 Å². The Kier molecular flexibility index (Phi) is 2.90. The summed E-state index contributed by atoms with van der Waals surface area (Å²) in [7, 11) is 0. The van der Waals surface area contributed by atoms with Gasteiger partial charge in [0.2, 0.25) is 5.91 Å². The molecule has 1 aliphatic rings. The standard InChI is InChI=1S/C10H12ClN3O/c11-6-2-1-3-7-8(6)9(10(15)14-7)13-5-4-12/h1-3,9,13H,4-5,12H2,(H,14,15). The highest BCUT2D eigenvalue weighted by Gasteiger charge is 2.31. The van der Waals surface area contributed by atoms with Crippen molar-refractivity contribution >= 4 is 23.2 Å². The van der Waals surface area contributed by atoms with Crippen molar-refractivity contribution in [3.63, 3.8) is 0 Å². The van der Waals surface area contributed by atoms with Gasteiger partial charge in [-0.3, -0.25) is 4.79 Å². The molecule has 5 heteroatoms. The minimum Gasteiger partial charge on any atom is -0.329 e. The maximum atomic E-state index is 11.6. The Bertz CT molecular complexity index is 394. The summed E-state index contributed by atoms with van der Waals surface area (Å²) in [5.41, 5.74) is 6.98. The second kappa shape index (κ2) is 4.18. The van der Waals surface area contributed by atoms with E-state index >= 15 is 0 Å². The van der Waals surface area contributed by atoms with Crippen LogP contribution in [0, 0.1) is 0 Å². The third kappa shape index (κ3) is 1.84. The zero-order valence-electron chi connectivity index (χ0n) is 8.09. The molecule has 1 atom stereocenters. The van der Waals surface area contributed by atoms with Crippen molar-refractivity contribution in [1.82, 2.24) is 5.32 Å². The normalized spacial score (nSPS) is 18.8. The molecule has 0 bridgehead atoms. The van der Waals surface area contributed by atoms with Crippen molar-refractivity contribution in [2.24, 2.45) is 5.73 Å². The molecule has 1 heterocycles. The fourth-order valence-electron chi connectivity index (χ4n) is 1.70. The lowest BCUT2D eigenvalue weighted by Crippen LogP contribution is -2.31. The second-order valence-electron chi connectivity index (χ2n) is 3.37. The number of hydrogen-bond acceptors (Lipinski definition) is 3. The zero-order chi connectivity index (χ0) is 10.8. The van der Waals surface area contributed by atoms with Gasteiger partial charge in [0.1, 0.15) is 6.04 Å². The van der Waals surface area contributed by atoms with Crippen LogP contribution in [0.1, 0.15) is 11.6 Å². The fraction of sp³-hybridized carbons (Fsp3) is 0.300. The molecule has 4 N–H and O–H groups in total. The first-order chi connectivity index (χ1) is 7.24. The summed E-state index contributed by atoms with van der Waals surface area (Å²) >= 11 is 6.05. The van der Waals surface area contributed by atoms with Crippen LogP contribution < -0.4 is 16.4 Å². The molecule has 1 aromatic carbocycles. The lowest BCUT2D eigenvalue weighted by atomic mass is 10.1. The Hall–Kier alpha value is -1.10. The van der Waals surface area contributed by atoms with Crippen LogP contribution in [0.25, 0.3) is 0 Å². The SMILES string of the molecule is NCCNC1C(=O)Nc2cccc(Cl)c21. The van der Waals surface area contributed by atoms with Gasteiger partial charge in [-0.25, -0.2) is 0 Å². The first-order valence-corrected chi connectivity index (χ1v) is 5.14. The van der Waals surface area contributed by atoms with Gasteiger partial charge in [-0.2, -0.15) is 0 Å². The molecule has 2 rings (SSSR count). The van der Waals surface area contributed by atoms with Gasteiger partial charge in [-0.15, -0.1) is 0 Å². The van der Waals surface area contributed by atoms with E-state index in [2.05, 4.69) is 10.6 Å². The van der Waals surface area contributed by atoms with Crippen LogP contribution in [0.4, 0.5) is 5.69 Å². The number of fused-ring (bicyclic) bond motifs is 1. The highest BCUT2D eigenvalue weighted by atomic mass is 35.5. The summed E-state index contributed by atoms with van der Waals surface area (Å²) in [5, 5.41) is 6.42. The van der Waals surface area contributed by atoms with E-state index in [1.54, 1.807) is 6.07 Å². The van der Waals surface area contributed by atoms with Crippen LogP contribution in [0.3, 0.4) is 0 Å². The summed E-state index contributed by atoms with van der Waals surface area (Å²) < 4.78 is 0. The molecule has 1 aliphatic heterocycles. The van der Waals surface area contributed by atoms with Crippen molar-refractivity contribution in [2.45, 2.75) is 6.04 Å². The monoisotopic (exact) mass is 225 g/mol. The molecule has 0 saturated heterocycles. The van der Waals surface area contributed by atoms with Crippen molar-refractivity contribution in [2.75, 3.05) is 18.4 Å². The summed E-state index contributed by atoms with van der Waals surface area (Å²) in [5.74, 6) is -0.0773. The molecule has 80 valence electrons. The maximum Gasteiger partial charge on any atom is 0.246 e. The molecule has 0 aromatic heterocycles. The smallest absolute Gasteiger partial charge is 0.246 e. The largest absolute Gasteiger partial charge is 0.329 e. The van der Waals surface area contributed by atoms with Crippen LogP contribution in [0.5, 0.6) is 0 Å². The average molecular weight is 226 g/mol. The Morgan fingerprint density at radius 3 is 3.07 bits per heavy atom. The summed E-state index contributed by atoms with van der Waals surface area (Å²) in [4.78, 5) is 11.6. The molecule has 15 heavy (non-hydrogen) atoms. The Balaban J connectivity index is 2.31. The summed E-state index contributed by atoms with van der Waals surface area (Å²) in [6.45, 7) is 1.08. The van der Waals surface area contributed by atoms with Gasteiger partial charge < -0.3 is 16.4 Å². The molecular formula is C10H12ClN3O. The molecule has 0 saturated carbocycles. The minimum absolute atomic E-state index is 0.0773. The van der Waals surface area contributed by atoms with Crippen LogP contribution in [0.15, 0.2) is 18.2 Å². The van der Waals surface area contributed by atoms with Gasteiger partial charge in [-0.05, 0) is 12.1 Å². The van der Waals surface area contributed by atoms with Crippen molar-refractivity contribution in [3.05, 3.63) is 28.8 Å². The van der Waals surface area contributed by atoms with Crippen molar-refractivity contribution in [3.8, 4) is 0 Å². The number of carbonyl (C=O) groups is 1. The number of nitrogens with two attached hydrogens (primary N) is 1. The molecule has 4 nitrogen and oxygen atoms in total. The van der Waals surface area contributed by atoms with Crippen molar-refractivity contribution < 1.29 is 4.79 Å². The van der Waals surface area contributed by atoms with Crippen LogP contribution >= 0.6 is 11.6 Å². The van der Waals surface area contributed by atoms with E-state index in [1.165, 1.54) is 0 Å². The molecule has 0 aliphatic carbocycles. The first-order valence-electron chi connectivity index (χ1n) is 4.76. The van der Waals surface area contributed by atoms with Gasteiger partial charge in [0.15, 0.2) is 0 Å².